The number of amides is 1. The number of halogens is 2. The van der Waals surface area contributed by atoms with Gasteiger partial charge < -0.3 is 0 Å². The standard InChI is InChI=1S/C25H16Cl2N4OS/c26-18-11-12-19(21(27)14-18)22-15-33-25-29-24(30-31(22)25)28-23(32)20(17-9-5-2-6-10-17)13-16-7-3-1-4-8-16/h1-15H,(H,28,30,32)/b20-13-. The number of anilines is 1. The van der Waals surface area contributed by atoms with Gasteiger partial charge in [-0.3, -0.25) is 10.1 Å². The zero-order chi connectivity index (χ0) is 22.8. The second kappa shape index (κ2) is 9.19. The first-order chi connectivity index (χ1) is 16.1. The molecule has 0 aliphatic heterocycles. The van der Waals surface area contributed by atoms with Crippen molar-refractivity contribution in [2.45, 2.75) is 0 Å². The highest BCUT2D eigenvalue weighted by molar-refractivity contribution is 7.15. The molecule has 5 rings (SSSR count). The fourth-order valence-corrected chi connectivity index (χ4v) is 4.73. The molecule has 0 atom stereocenters. The molecule has 5 nitrogen and oxygen atoms in total. The topological polar surface area (TPSA) is 59.3 Å². The average molecular weight is 491 g/mol. The predicted molar refractivity (Wildman–Crippen MR) is 136 cm³/mol. The number of rotatable bonds is 5. The van der Waals surface area contributed by atoms with E-state index in [2.05, 4.69) is 15.4 Å². The number of nitrogens with one attached hydrogen (secondary N) is 1. The number of thiazole rings is 1. The van der Waals surface area contributed by atoms with Crippen LogP contribution in [0.2, 0.25) is 10.0 Å². The lowest BCUT2D eigenvalue weighted by Crippen LogP contribution is -2.15. The van der Waals surface area contributed by atoms with Crippen molar-refractivity contribution in [1.82, 2.24) is 14.6 Å². The van der Waals surface area contributed by atoms with Crippen molar-refractivity contribution in [3.05, 3.63) is 105 Å². The zero-order valence-corrected chi connectivity index (χ0v) is 19.4. The summed E-state index contributed by atoms with van der Waals surface area (Å²) in [4.78, 5) is 18.4. The first-order valence-corrected chi connectivity index (χ1v) is 11.7. The van der Waals surface area contributed by atoms with Gasteiger partial charge >= 0.3 is 0 Å². The molecular weight excluding hydrogens is 475 g/mol. The Morgan fingerprint density at radius 3 is 2.42 bits per heavy atom. The van der Waals surface area contributed by atoms with Gasteiger partial charge in [-0.25, -0.2) is 4.52 Å². The Morgan fingerprint density at radius 1 is 0.970 bits per heavy atom. The quantitative estimate of drug-likeness (QED) is 0.214. The van der Waals surface area contributed by atoms with Gasteiger partial charge in [0.1, 0.15) is 0 Å². The van der Waals surface area contributed by atoms with Crippen molar-refractivity contribution in [3.8, 4) is 11.3 Å². The van der Waals surface area contributed by atoms with Crippen LogP contribution in [0.5, 0.6) is 0 Å². The molecule has 0 fully saturated rings. The third-order valence-corrected chi connectivity index (χ3v) is 6.32. The van der Waals surface area contributed by atoms with Crippen LogP contribution in [0.25, 0.3) is 27.9 Å². The molecule has 33 heavy (non-hydrogen) atoms. The lowest BCUT2D eigenvalue weighted by atomic mass is 10.0. The van der Waals surface area contributed by atoms with E-state index in [1.807, 2.05) is 78.2 Å². The van der Waals surface area contributed by atoms with Gasteiger partial charge in [0.05, 0.1) is 10.7 Å². The van der Waals surface area contributed by atoms with Crippen molar-refractivity contribution in [1.29, 1.82) is 0 Å². The van der Waals surface area contributed by atoms with E-state index in [9.17, 15) is 4.79 Å². The number of hydrogen-bond acceptors (Lipinski definition) is 4. The molecule has 162 valence electrons. The van der Waals surface area contributed by atoms with Crippen LogP contribution in [0, 0.1) is 0 Å². The van der Waals surface area contributed by atoms with Crippen molar-refractivity contribution >= 4 is 63.0 Å². The first-order valence-electron chi connectivity index (χ1n) is 10.0. The highest BCUT2D eigenvalue weighted by atomic mass is 35.5. The number of carbonyl (C=O) groups excluding carboxylic acids is 1. The number of fused-ring (bicyclic) bond motifs is 1. The van der Waals surface area contributed by atoms with E-state index < -0.39 is 0 Å². The lowest BCUT2D eigenvalue weighted by molar-refractivity contribution is -0.111. The second-order valence-corrected chi connectivity index (χ2v) is 8.84. The van der Waals surface area contributed by atoms with Crippen LogP contribution in [0.4, 0.5) is 5.95 Å². The van der Waals surface area contributed by atoms with Crippen LogP contribution in [-0.4, -0.2) is 20.5 Å². The van der Waals surface area contributed by atoms with Gasteiger partial charge in [-0.1, -0.05) is 83.9 Å². The lowest BCUT2D eigenvalue weighted by Gasteiger charge is -2.08. The SMILES string of the molecule is O=C(Nc1nc2scc(-c3ccc(Cl)cc3Cl)n2n1)/C(=C\c1ccccc1)c1ccccc1. The first kappa shape index (κ1) is 21.4. The van der Waals surface area contributed by atoms with Crippen LogP contribution in [0.3, 0.4) is 0 Å². The molecule has 8 heteroatoms. The predicted octanol–water partition coefficient (Wildman–Crippen LogP) is 6.94. The highest BCUT2D eigenvalue weighted by Crippen LogP contribution is 2.33. The smallest absolute Gasteiger partial charge is 0.258 e. The number of hydrogen-bond donors (Lipinski definition) is 1. The van der Waals surface area contributed by atoms with Crippen LogP contribution < -0.4 is 5.32 Å². The van der Waals surface area contributed by atoms with E-state index >= 15 is 0 Å². The molecule has 0 aliphatic rings. The Labute approximate surface area is 203 Å². The normalized spacial score (nSPS) is 11.6. The van der Waals surface area contributed by atoms with Gasteiger partial charge in [0, 0.05) is 21.5 Å². The molecule has 0 spiro atoms. The molecule has 1 N–H and O–H groups in total. The Kier molecular flexibility index (Phi) is 5.96. The Bertz CT molecular complexity index is 1480. The fraction of sp³-hybridized carbons (Fsp3) is 0. The molecule has 0 saturated carbocycles. The molecule has 0 bridgehead atoms. The molecular formula is C25H16Cl2N4OS. The van der Waals surface area contributed by atoms with Gasteiger partial charge in [0.15, 0.2) is 0 Å². The van der Waals surface area contributed by atoms with Gasteiger partial charge in [0.2, 0.25) is 4.96 Å². The van der Waals surface area contributed by atoms with E-state index in [-0.39, 0.29) is 11.9 Å². The van der Waals surface area contributed by atoms with Gasteiger partial charge in [-0.15, -0.1) is 16.4 Å². The van der Waals surface area contributed by atoms with Crippen molar-refractivity contribution in [3.63, 3.8) is 0 Å². The van der Waals surface area contributed by atoms with E-state index in [0.29, 0.717) is 20.6 Å². The summed E-state index contributed by atoms with van der Waals surface area (Å²) in [5, 5.41) is 10.3. The summed E-state index contributed by atoms with van der Waals surface area (Å²) in [7, 11) is 0. The molecule has 1 amide bonds. The van der Waals surface area contributed by atoms with E-state index in [1.54, 1.807) is 16.6 Å². The minimum absolute atomic E-state index is 0.216. The van der Waals surface area contributed by atoms with E-state index in [1.165, 1.54) is 11.3 Å². The van der Waals surface area contributed by atoms with E-state index in [4.69, 9.17) is 23.2 Å². The van der Waals surface area contributed by atoms with Crippen LogP contribution in [0.1, 0.15) is 11.1 Å². The molecule has 3 aromatic carbocycles. The zero-order valence-electron chi connectivity index (χ0n) is 17.1. The van der Waals surface area contributed by atoms with Crippen LogP contribution in [0.15, 0.2) is 84.2 Å². The Morgan fingerprint density at radius 2 is 1.70 bits per heavy atom. The van der Waals surface area contributed by atoms with Gasteiger partial charge in [-0.2, -0.15) is 4.98 Å². The Balaban J connectivity index is 1.48. The van der Waals surface area contributed by atoms with Gasteiger partial charge in [-0.05, 0) is 35.4 Å². The average Bonchev–Trinajstić information content (AvgIpc) is 3.39. The minimum Gasteiger partial charge on any atom is -0.289 e. The Hall–Kier alpha value is -3.45. The van der Waals surface area contributed by atoms with Crippen molar-refractivity contribution in [2.24, 2.45) is 0 Å². The molecule has 0 radical (unpaired) electrons. The number of carbonyl (C=O) groups is 1. The van der Waals surface area contributed by atoms with Crippen molar-refractivity contribution < 1.29 is 4.79 Å². The fourth-order valence-electron chi connectivity index (χ4n) is 3.40. The summed E-state index contributed by atoms with van der Waals surface area (Å²) < 4.78 is 1.67. The second-order valence-electron chi connectivity index (χ2n) is 7.16. The summed E-state index contributed by atoms with van der Waals surface area (Å²) in [6.45, 7) is 0. The largest absolute Gasteiger partial charge is 0.289 e. The highest BCUT2D eigenvalue weighted by Gasteiger charge is 2.18. The van der Waals surface area contributed by atoms with Crippen molar-refractivity contribution in [2.75, 3.05) is 5.32 Å². The maximum Gasteiger partial charge on any atom is 0.258 e. The molecule has 0 aliphatic carbocycles. The molecule has 5 aromatic rings. The summed E-state index contributed by atoms with van der Waals surface area (Å²) in [5.74, 6) is -0.0811. The number of benzene rings is 3. The molecule has 0 saturated heterocycles. The maximum atomic E-state index is 13.3. The maximum absolute atomic E-state index is 13.3. The van der Waals surface area contributed by atoms with Crippen LogP contribution >= 0.6 is 34.5 Å². The number of aromatic nitrogens is 3. The molecule has 2 heterocycles. The summed E-state index contributed by atoms with van der Waals surface area (Å²) in [6, 6.07) is 24.5. The van der Waals surface area contributed by atoms with Gasteiger partial charge in [0.25, 0.3) is 11.9 Å². The summed E-state index contributed by atoms with van der Waals surface area (Å²) in [5.41, 5.74) is 3.79. The summed E-state index contributed by atoms with van der Waals surface area (Å²) in [6.07, 6.45) is 1.85. The van der Waals surface area contributed by atoms with E-state index in [0.717, 1.165) is 22.4 Å². The molecule has 2 aromatic heterocycles. The monoisotopic (exact) mass is 490 g/mol. The molecule has 0 unspecified atom stereocenters. The third kappa shape index (κ3) is 4.54. The minimum atomic E-state index is -0.297. The number of nitrogens with zero attached hydrogens (tertiary/aromatic N) is 3. The third-order valence-electron chi connectivity index (χ3n) is 4.95. The van der Waals surface area contributed by atoms with Crippen LogP contribution in [-0.2, 0) is 4.79 Å². The summed E-state index contributed by atoms with van der Waals surface area (Å²) >= 11 is 13.8.